The molecule has 1 N–H and O–H groups in total. The molecule has 0 radical (unpaired) electrons. The Morgan fingerprint density at radius 2 is 2.04 bits per heavy atom. The van der Waals surface area contributed by atoms with Gasteiger partial charge in [0.05, 0.1) is 16.6 Å². The summed E-state index contributed by atoms with van der Waals surface area (Å²) in [7, 11) is 0. The number of fused-ring (bicyclic) bond motifs is 3. The molecule has 0 spiro atoms. The third-order valence-electron chi connectivity index (χ3n) is 4.09. The van der Waals surface area contributed by atoms with Gasteiger partial charge < -0.3 is 0 Å². The highest BCUT2D eigenvalue weighted by Crippen LogP contribution is 2.38. The number of benzene rings is 1. The second-order valence-corrected chi connectivity index (χ2v) is 7.58. The van der Waals surface area contributed by atoms with Gasteiger partial charge in [-0.2, -0.15) is 5.10 Å². The van der Waals surface area contributed by atoms with E-state index in [1.54, 1.807) is 36.0 Å². The predicted molar refractivity (Wildman–Crippen MR) is 102 cm³/mol. The van der Waals surface area contributed by atoms with E-state index in [2.05, 4.69) is 20.5 Å². The summed E-state index contributed by atoms with van der Waals surface area (Å²) in [4.78, 5) is 11.2. The number of hydrogen-bond acceptors (Lipinski definition) is 5. The number of aryl methyl sites for hydroxylation is 2. The molecule has 4 rings (SSSR count). The molecule has 1 aliphatic carbocycles. The number of anilines is 1. The number of hydrogen-bond donors (Lipinski definition) is 1. The maximum Gasteiger partial charge on any atom is 0.158 e. The van der Waals surface area contributed by atoms with Crippen molar-refractivity contribution in [3.8, 4) is 0 Å². The van der Waals surface area contributed by atoms with Gasteiger partial charge >= 0.3 is 0 Å². The van der Waals surface area contributed by atoms with Gasteiger partial charge in [0, 0.05) is 15.5 Å². The van der Waals surface area contributed by atoms with Crippen LogP contribution in [-0.4, -0.2) is 16.2 Å². The summed E-state index contributed by atoms with van der Waals surface area (Å²) in [5, 5.41) is 6.57. The van der Waals surface area contributed by atoms with Crippen molar-refractivity contribution in [3.05, 3.63) is 50.6 Å². The van der Waals surface area contributed by atoms with E-state index in [0.717, 1.165) is 34.4 Å². The van der Waals surface area contributed by atoms with Crippen LogP contribution in [0.1, 0.15) is 28.8 Å². The zero-order valence-corrected chi connectivity index (χ0v) is 15.0. The quantitative estimate of drug-likeness (QED) is 0.496. The zero-order valence-electron chi connectivity index (χ0n) is 12.7. The minimum Gasteiger partial charge on any atom is -0.261 e. The monoisotopic (exact) mass is 376 g/mol. The topological polar surface area (TPSA) is 50.2 Å². The Morgan fingerprint density at radius 3 is 2.92 bits per heavy atom. The summed E-state index contributed by atoms with van der Waals surface area (Å²) >= 11 is 13.8. The molecule has 0 unspecified atom stereocenters. The molecule has 122 valence electrons. The van der Waals surface area contributed by atoms with Gasteiger partial charge in [-0.25, -0.2) is 9.97 Å². The summed E-state index contributed by atoms with van der Waals surface area (Å²) in [5.74, 6) is 0.751. The van der Waals surface area contributed by atoms with Gasteiger partial charge in [-0.05, 0) is 43.4 Å². The first-order chi connectivity index (χ1) is 11.7. The molecular formula is C17H14Cl2N4S. The second kappa shape index (κ2) is 6.67. The van der Waals surface area contributed by atoms with Gasteiger partial charge in [0.2, 0.25) is 0 Å². The molecule has 3 aromatic rings. The maximum atomic E-state index is 6.16. The van der Waals surface area contributed by atoms with Crippen LogP contribution < -0.4 is 5.43 Å². The van der Waals surface area contributed by atoms with Crippen LogP contribution >= 0.6 is 34.5 Å². The van der Waals surface area contributed by atoms with Crippen molar-refractivity contribution < 1.29 is 0 Å². The number of hydrazone groups is 1. The van der Waals surface area contributed by atoms with Crippen LogP contribution in [-0.2, 0) is 12.8 Å². The second-order valence-electron chi connectivity index (χ2n) is 5.65. The van der Waals surface area contributed by atoms with E-state index in [-0.39, 0.29) is 0 Å². The van der Waals surface area contributed by atoms with Crippen molar-refractivity contribution in [2.45, 2.75) is 25.7 Å². The van der Waals surface area contributed by atoms with Crippen molar-refractivity contribution in [2.75, 3.05) is 5.43 Å². The molecule has 0 saturated heterocycles. The fourth-order valence-corrected chi connectivity index (χ4v) is 4.63. The van der Waals surface area contributed by atoms with E-state index in [1.165, 1.54) is 23.3 Å². The van der Waals surface area contributed by atoms with Crippen molar-refractivity contribution in [2.24, 2.45) is 5.10 Å². The number of nitrogens with one attached hydrogen (secondary N) is 1. The van der Waals surface area contributed by atoms with Gasteiger partial charge in [-0.3, -0.25) is 5.43 Å². The minimum absolute atomic E-state index is 0.564. The lowest BCUT2D eigenvalue weighted by atomic mass is 9.97. The van der Waals surface area contributed by atoms with Crippen molar-refractivity contribution in [3.63, 3.8) is 0 Å². The predicted octanol–water partition coefficient (Wildman–Crippen LogP) is 5.32. The van der Waals surface area contributed by atoms with Crippen molar-refractivity contribution >= 4 is 56.8 Å². The summed E-state index contributed by atoms with van der Waals surface area (Å²) in [6.07, 6.45) is 7.95. The largest absolute Gasteiger partial charge is 0.261 e. The number of aromatic nitrogens is 2. The molecule has 2 aromatic heterocycles. The standard InChI is InChI=1S/C17H14Cl2N4S/c18-11-6-5-10(13(19)7-11)8-22-23-16-15-12-3-1-2-4-14(12)24-17(15)21-9-20-16/h5-9H,1-4H2,(H,20,21,23). The first kappa shape index (κ1) is 15.8. The number of halogens is 2. The number of thiophene rings is 1. The van der Waals surface area contributed by atoms with Crippen molar-refractivity contribution in [1.82, 2.24) is 9.97 Å². The zero-order chi connectivity index (χ0) is 16.5. The number of nitrogens with zero attached hydrogens (tertiary/aromatic N) is 3. The molecule has 0 aliphatic heterocycles. The molecule has 0 fully saturated rings. The highest BCUT2D eigenvalue weighted by atomic mass is 35.5. The summed E-state index contributed by atoms with van der Waals surface area (Å²) in [5.41, 5.74) is 5.22. The highest BCUT2D eigenvalue weighted by molar-refractivity contribution is 7.19. The fourth-order valence-electron chi connectivity index (χ4n) is 2.94. The third kappa shape index (κ3) is 2.99. The summed E-state index contributed by atoms with van der Waals surface area (Å²) in [6, 6.07) is 5.31. The lowest BCUT2D eigenvalue weighted by molar-refractivity contribution is 0.700. The molecule has 2 heterocycles. The molecule has 0 saturated carbocycles. The summed E-state index contributed by atoms with van der Waals surface area (Å²) in [6.45, 7) is 0. The van der Waals surface area contributed by atoms with Gasteiger partial charge in [0.25, 0.3) is 0 Å². The average molecular weight is 377 g/mol. The van der Waals surface area contributed by atoms with E-state index in [4.69, 9.17) is 23.2 Å². The van der Waals surface area contributed by atoms with Crippen LogP contribution in [0, 0.1) is 0 Å². The SMILES string of the molecule is Clc1ccc(C=NNc2ncnc3sc4c(c23)CCCC4)c(Cl)c1. The van der Waals surface area contributed by atoms with E-state index < -0.39 is 0 Å². The number of rotatable bonds is 3. The Labute approximate surface area is 153 Å². The van der Waals surface area contributed by atoms with Crippen LogP contribution in [0.3, 0.4) is 0 Å². The molecule has 1 aromatic carbocycles. The Hall–Kier alpha value is -1.69. The van der Waals surface area contributed by atoms with Crippen LogP contribution in [0.5, 0.6) is 0 Å². The van der Waals surface area contributed by atoms with E-state index in [0.29, 0.717) is 10.0 Å². The van der Waals surface area contributed by atoms with Gasteiger partial charge in [-0.15, -0.1) is 11.3 Å². The Kier molecular flexibility index (Phi) is 4.39. The normalized spacial score (nSPS) is 14.2. The van der Waals surface area contributed by atoms with Crippen LogP contribution in [0.2, 0.25) is 10.0 Å². The van der Waals surface area contributed by atoms with Crippen LogP contribution in [0.4, 0.5) is 5.82 Å². The smallest absolute Gasteiger partial charge is 0.158 e. The Balaban J connectivity index is 1.65. The molecule has 0 bridgehead atoms. The molecular weight excluding hydrogens is 363 g/mol. The van der Waals surface area contributed by atoms with Gasteiger partial charge in [0.15, 0.2) is 5.82 Å². The highest BCUT2D eigenvalue weighted by Gasteiger charge is 2.19. The first-order valence-corrected chi connectivity index (χ1v) is 9.29. The Bertz CT molecular complexity index is 936. The fraction of sp³-hybridized carbons (Fsp3) is 0.235. The molecule has 24 heavy (non-hydrogen) atoms. The van der Waals surface area contributed by atoms with Gasteiger partial charge in [-0.1, -0.05) is 29.3 Å². The lowest BCUT2D eigenvalue weighted by Crippen LogP contribution is -2.01. The summed E-state index contributed by atoms with van der Waals surface area (Å²) < 4.78 is 0. The van der Waals surface area contributed by atoms with Crippen LogP contribution in [0.15, 0.2) is 29.6 Å². The Morgan fingerprint density at radius 1 is 1.17 bits per heavy atom. The first-order valence-electron chi connectivity index (χ1n) is 7.72. The average Bonchev–Trinajstić information content (AvgIpc) is 2.96. The maximum absolute atomic E-state index is 6.16. The van der Waals surface area contributed by atoms with Gasteiger partial charge in [0.1, 0.15) is 11.2 Å². The lowest BCUT2D eigenvalue weighted by Gasteiger charge is -2.11. The molecule has 1 aliphatic rings. The van der Waals surface area contributed by atoms with E-state index >= 15 is 0 Å². The van der Waals surface area contributed by atoms with Crippen LogP contribution in [0.25, 0.3) is 10.2 Å². The molecule has 7 heteroatoms. The molecule has 4 nitrogen and oxygen atoms in total. The third-order valence-corrected chi connectivity index (χ3v) is 5.85. The van der Waals surface area contributed by atoms with E-state index in [1.807, 2.05) is 6.07 Å². The van der Waals surface area contributed by atoms with Crippen molar-refractivity contribution in [1.29, 1.82) is 0 Å². The molecule has 0 amide bonds. The van der Waals surface area contributed by atoms with E-state index in [9.17, 15) is 0 Å². The molecule has 0 atom stereocenters. The minimum atomic E-state index is 0.564.